The first-order valence-electron chi connectivity index (χ1n) is 10.1. The van der Waals surface area contributed by atoms with Crippen molar-refractivity contribution in [3.05, 3.63) is 0 Å². The first-order valence-corrected chi connectivity index (χ1v) is 10.1. The predicted octanol–water partition coefficient (Wildman–Crippen LogP) is 1.89. The van der Waals surface area contributed by atoms with Crippen molar-refractivity contribution in [2.75, 3.05) is 13.1 Å². The van der Waals surface area contributed by atoms with Crippen LogP contribution in [0, 0.1) is 17.8 Å². The Morgan fingerprint density at radius 3 is 2.46 bits per heavy atom. The molecule has 0 radical (unpaired) electrons. The van der Waals surface area contributed by atoms with Crippen LogP contribution in [0.15, 0.2) is 0 Å². The zero-order valence-corrected chi connectivity index (χ0v) is 16.1. The molecule has 4 rings (SSSR count). The quantitative estimate of drug-likeness (QED) is 0.753. The molecule has 6 heteroatoms. The van der Waals surface area contributed by atoms with E-state index in [1.54, 1.807) is 0 Å². The zero-order valence-electron chi connectivity index (χ0n) is 16.1. The molecule has 4 fully saturated rings. The van der Waals surface area contributed by atoms with E-state index < -0.39 is 5.60 Å². The molecule has 2 bridgehead atoms. The van der Waals surface area contributed by atoms with Crippen molar-refractivity contribution in [3.8, 4) is 0 Å². The summed E-state index contributed by atoms with van der Waals surface area (Å²) in [7, 11) is 0. The Morgan fingerprint density at radius 1 is 1.08 bits per heavy atom. The number of ether oxygens (including phenoxy) is 2. The fourth-order valence-electron chi connectivity index (χ4n) is 7.05. The maximum absolute atomic E-state index is 12.0. The number of rotatable bonds is 2. The summed E-state index contributed by atoms with van der Waals surface area (Å²) in [6, 6.07) is 0. The van der Waals surface area contributed by atoms with Crippen LogP contribution in [-0.2, 0) is 19.1 Å². The van der Waals surface area contributed by atoms with Gasteiger partial charge in [-0.1, -0.05) is 6.92 Å². The van der Waals surface area contributed by atoms with Gasteiger partial charge in [-0.25, -0.2) is 0 Å². The van der Waals surface area contributed by atoms with Gasteiger partial charge in [0.15, 0.2) is 0 Å². The summed E-state index contributed by atoms with van der Waals surface area (Å²) < 4.78 is 11.5. The van der Waals surface area contributed by atoms with E-state index in [-0.39, 0.29) is 47.4 Å². The van der Waals surface area contributed by atoms with Crippen molar-refractivity contribution in [2.24, 2.45) is 17.8 Å². The van der Waals surface area contributed by atoms with Gasteiger partial charge in [-0.15, -0.1) is 0 Å². The van der Waals surface area contributed by atoms with Crippen LogP contribution in [0.4, 0.5) is 0 Å². The number of nitrogens with zero attached hydrogens (tertiary/aromatic N) is 1. The lowest BCUT2D eigenvalue weighted by Gasteiger charge is -2.72. The second-order valence-corrected chi connectivity index (χ2v) is 8.93. The molecule has 26 heavy (non-hydrogen) atoms. The van der Waals surface area contributed by atoms with E-state index in [0.717, 1.165) is 45.2 Å². The summed E-state index contributed by atoms with van der Waals surface area (Å²) in [6.07, 6.45) is 4.61. The summed E-state index contributed by atoms with van der Waals surface area (Å²) in [5.74, 6) is -0.411. The molecule has 2 heterocycles. The highest BCUT2D eigenvalue weighted by Gasteiger charge is 2.73. The van der Waals surface area contributed by atoms with Gasteiger partial charge in [0.25, 0.3) is 0 Å². The Bertz CT molecular complexity index is 607. The van der Waals surface area contributed by atoms with E-state index in [1.807, 2.05) is 0 Å². The third-order valence-electron chi connectivity index (χ3n) is 7.61. The normalized spacial score (nSPS) is 47.6. The highest BCUT2D eigenvalue weighted by molar-refractivity contribution is 5.67. The topological polar surface area (TPSA) is 76.1 Å². The first kappa shape index (κ1) is 18.2. The van der Waals surface area contributed by atoms with Gasteiger partial charge in [0.05, 0.1) is 11.1 Å². The van der Waals surface area contributed by atoms with Crippen molar-refractivity contribution < 1.29 is 24.2 Å². The minimum atomic E-state index is -0.875. The van der Waals surface area contributed by atoms with Crippen LogP contribution in [0.25, 0.3) is 0 Å². The van der Waals surface area contributed by atoms with Gasteiger partial charge in [-0.05, 0) is 57.5 Å². The molecule has 1 N–H and O–H groups in total. The molecule has 4 aliphatic rings. The molecular weight excluding hydrogens is 334 g/mol. The zero-order chi connectivity index (χ0) is 18.7. The van der Waals surface area contributed by atoms with E-state index in [2.05, 4.69) is 11.8 Å². The smallest absolute Gasteiger partial charge is 0.302 e. The van der Waals surface area contributed by atoms with Crippen molar-refractivity contribution >= 4 is 11.9 Å². The lowest BCUT2D eigenvalue weighted by molar-refractivity contribution is -0.303. The standard InChI is InChI=1S/C20H31NO5/c1-12-11-19-15-6-4-8-21(19)9-5-7-20(19,24)16(18(12)26-14(3)23)10-17(15)25-13(2)22/h12,15-18,24H,4-11H2,1-3H3/t12-,15+,16+,17+,18+,19-,20-/m0/s1. The van der Waals surface area contributed by atoms with Gasteiger partial charge in [0.1, 0.15) is 12.2 Å². The van der Waals surface area contributed by atoms with Crippen LogP contribution < -0.4 is 0 Å². The molecule has 2 aliphatic heterocycles. The van der Waals surface area contributed by atoms with Gasteiger partial charge in [-0.3, -0.25) is 14.5 Å². The van der Waals surface area contributed by atoms with Crippen LogP contribution >= 0.6 is 0 Å². The summed E-state index contributed by atoms with van der Waals surface area (Å²) in [4.78, 5) is 26.0. The number of hydrogen-bond acceptors (Lipinski definition) is 6. The van der Waals surface area contributed by atoms with Gasteiger partial charge in [0.2, 0.25) is 0 Å². The van der Waals surface area contributed by atoms with E-state index in [9.17, 15) is 14.7 Å². The first-order chi connectivity index (χ1) is 12.3. The van der Waals surface area contributed by atoms with E-state index >= 15 is 0 Å². The molecule has 0 aromatic heterocycles. The average Bonchev–Trinajstić information content (AvgIpc) is 2.54. The van der Waals surface area contributed by atoms with Crippen LogP contribution in [0.3, 0.4) is 0 Å². The SMILES string of the molecule is CC(=O)O[C@H]1[C@H]2C[C@@H](OC(C)=O)[C@H]3CCCN4CCC[C@@]2(O)[C@]34C[C@@H]1C. The number of esters is 2. The van der Waals surface area contributed by atoms with Crippen molar-refractivity contribution in [3.63, 3.8) is 0 Å². The summed E-state index contributed by atoms with van der Waals surface area (Å²) in [6.45, 7) is 7.01. The molecule has 2 saturated heterocycles. The average molecular weight is 365 g/mol. The van der Waals surface area contributed by atoms with E-state index in [0.29, 0.717) is 6.42 Å². The molecule has 0 unspecified atom stereocenters. The number of carbonyl (C=O) groups excluding carboxylic acids is 2. The molecule has 2 aliphatic carbocycles. The minimum Gasteiger partial charge on any atom is -0.462 e. The number of hydrogen-bond donors (Lipinski definition) is 1. The van der Waals surface area contributed by atoms with Crippen molar-refractivity contribution in [1.82, 2.24) is 4.90 Å². The van der Waals surface area contributed by atoms with Gasteiger partial charge in [0, 0.05) is 25.7 Å². The Morgan fingerprint density at radius 2 is 1.77 bits per heavy atom. The fraction of sp³-hybridized carbons (Fsp3) is 0.900. The fourth-order valence-corrected chi connectivity index (χ4v) is 7.05. The van der Waals surface area contributed by atoms with E-state index in [4.69, 9.17) is 9.47 Å². The van der Waals surface area contributed by atoms with E-state index in [1.165, 1.54) is 13.8 Å². The molecule has 2 saturated carbocycles. The molecule has 6 nitrogen and oxygen atoms in total. The largest absolute Gasteiger partial charge is 0.462 e. The Kier molecular flexibility index (Phi) is 4.35. The van der Waals surface area contributed by atoms with Crippen LogP contribution in [0.5, 0.6) is 0 Å². The Labute approximate surface area is 155 Å². The molecule has 1 spiro atoms. The second kappa shape index (κ2) is 6.20. The second-order valence-electron chi connectivity index (χ2n) is 8.93. The lowest BCUT2D eigenvalue weighted by Crippen LogP contribution is -2.82. The van der Waals surface area contributed by atoms with Crippen LogP contribution in [-0.4, -0.2) is 58.4 Å². The minimum absolute atomic E-state index is 0.155. The van der Waals surface area contributed by atoms with Crippen LogP contribution in [0.1, 0.15) is 59.3 Å². The molecule has 146 valence electrons. The number of piperidine rings is 2. The Balaban J connectivity index is 1.81. The number of carbonyl (C=O) groups is 2. The molecule has 7 atom stereocenters. The van der Waals surface area contributed by atoms with Crippen LogP contribution in [0.2, 0.25) is 0 Å². The molecule has 0 amide bonds. The van der Waals surface area contributed by atoms with Crippen molar-refractivity contribution in [2.45, 2.75) is 82.6 Å². The number of aliphatic hydroxyl groups is 1. The third kappa shape index (κ3) is 2.37. The predicted molar refractivity (Wildman–Crippen MR) is 94.2 cm³/mol. The highest BCUT2D eigenvalue weighted by atomic mass is 16.6. The van der Waals surface area contributed by atoms with Gasteiger partial charge in [-0.2, -0.15) is 0 Å². The maximum atomic E-state index is 12.0. The molecule has 0 aromatic rings. The highest BCUT2D eigenvalue weighted by Crippen LogP contribution is 2.63. The lowest BCUT2D eigenvalue weighted by atomic mass is 9.45. The Hall–Kier alpha value is -1.14. The summed E-state index contributed by atoms with van der Waals surface area (Å²) in [5, 5.41) is 12.0. The molecular formula is C20H31NO5. The van der Waals surface area contributed by atoms with Gasteiger partial charge < -0.3 is 14.6 Å². The maximum Gasteiger partial charge on any atom is 0.302 e. The summed E-state index contributed by atoms with van der Waals surface area (Å²) >= 11 is 0. The summed E-state index contributed by atoms with van der Waals surface area (Å²) in [5.41, 5.74) is -1.23. The molecule has 0 aromatic carbocycles. The third-order valence-corrected chi connectivity index (χ3v) is 7.61. The van der Waals surface area contributed by atoms with Gasteiger partial charge >= 0.3 is 11.9 Å². The monoisotopic (exact) mass is 365 g/mol. The van der Waals surface area contributed by atoms with Crippen molar-refractivity contribution in [1.29, 1.82) is 0 Å².